The van der Waals surface area contributed by atoms with Crippen molar-refractivity contribution < 1.29 is 14.7 Å². The van der Waals surface area contributed by atoms with E-state index in [2.05, 4.69) is 5.32 Å². The molecule has 1 amide bonds. The molecule has 4 heteroatoms. The smallest absolute Gasteiger partial charge is 0.332 e. The Labute approximate surface area is 116 Å². The van der Waals surface area contributed by atoms with Gasteiger partial charge in [-0.2, -0.15) is 0 Å². The topological polar surface area (TPSA) is 66.4 Å². The maximum atomic E-state index is 12.4. The van der Waals surface area contributed by atoms with Gasteiger partial charge in [-0.25, -0.2) is 4.79 Å². The van der Waals surface area contributed by atoms with Crippen LogP contribution in [0, 0.1) is 11.8 Å². The van der Waals surface area contributed by atoms with Crippen molar-refractivity contribution in [1.29, 1.82) is 0 Å². The van der Waals surface area contributed by atoms with Gasteiger partial charge in [0.1, 0.15) is 0 Å². The molecule has 1 saturated carbocycles. The van der Waals surface area contributed by atoms with Crippen LogP contribution in [-0.4, -0.2) is 17.0 Å². The van der Waals surface area contributed by atoms with Crippen molar-refractivity contribution in [3.63, 3.8) is 0 Å². The van der Waals surface area contributed by atoms with Crippen LogP contribution in [0.2, 0.25) is 0 Å². The first-order valence-corrected chi connectivity index (χ1v) is 7.05. The molecule has 0 spiro atoms. The fourth-order valence-electron chi connectivity index (χ4n) is 3.80. The predicted octanol–water partition coefficient (Wildman–Crippen LogP) is 2.62. The second kappa shape index (κ2) is 3.95. The molecule has 0 radical (unpaired) electrons. The van der Waals surface area contributed by atoms with Crippen LogP contribution in [-0.2, 0) is 9.59 Å². The Morgan fingerprint density at radius 1 is 1.30 bits per heavy atom. The number of nitrogens with one attached hydrogen (secondary N) is 1. The molecule has 102 valence electrons. The highest BCUT2D eigenvalue weighted by atomic mass is 16.4. The largest absolute Gasteiger partial charge is 0.478 e. The summed E-state index contributed by atoms with van der Waals surface area (Å²) in [5.41, 5.74) is 3.09. The normalized spacial score (nSPS) is 27.4. The van der Waals surface area contributed by atoms with Crippen LogP contribution in [0.1, 0.15) is 36.3 Å². The van der Waals surface area contributed by atoms with Gasteiger partial charge in [0.15, 0.2) is 0 Å². The first-order chi connectivity index (χ1) is 9.66. The first-order valence-electron chi connectivity index (χ1n) is 7.05. The lowest BCUT2D eigenvalue weighted by Gasteiger charge is -2.40. The fraction of sp³-hybridized carbons (Fsp3) is 0.375. The lowest BCUT2D eigenvalue weighted by Crippen LogP contribution is -2.41. The molecule has 20 heavy (non-hydrogen) atoms. The molecule has 1 aliphatic heterocycles. The number of benzene rings is 1. The molecule has 1 aromatic carbocycles. The zero-order valence-electron chi connectivity index (χ0n) is 10.9. The summed E-state index contributed by atoms with van der Waals surface area (Å²) < 4.78 is 0. The minimum atomic E-state index is -0.906. The Bertz CT molecular complexity index is 658. The van der Waals surface area contributed by atoms with E-state index in [1.165, 1.54) is 0 Å². The van der Waals surface area contributed by atoms with Gasteiger partial charge in [-0.15, -0.1) is 0 Å². The summed E-state index contributed by atoms with van der Waals surface area (Å²) in [6, 6.07) is 5.65. The zero-order chi connectivity index (χ0) is 13.9. The van der Waals surface area contributed by atoms with E-state index in [1.807, 2.05) is 18.2 Å². The van der Waals surface area contributed by atoms with Crippen molar-refractivity contribution >= 4 is 23.6 Å². The van der Waals surface area contributed by atoms with Crippen molar-refractivity contribution in [1.82, 2.24) is 0 Å². The molecular formula is C16H15NO3. The molecule has 1 fully saturated rings. The van der Waals surface area contributed by atoms with Gasteiger partial charge in [0.25, 0.3) is 0 Å². The van der Waals surface area contributed by atoms with E-state index in [0.717, 1.165) is 36.1 Å². The summed E-state index contributed by atoms with van der Waals surface area (Å²) in [5, 5.41) is 12.4. The van der Waals surface area contributed by atoms with Gasteiger partial charge in [0.2, 0.25) is 5.91 Å². The van der Waals surface area contributed by atoms with Gasteiger partial charge in [-0.05, 0) is 42.0 Å². The zero-order valence-corrected chi connectivity index (χ0v) is 10.9. The Balaban J connectivity index is 1.89. The van der Waals surface area contributed by atoms with E-state index in [9.17, 15) is 14.7 Å². The highest BCUT2D eigenvalue weighted by molar-refractivity contribution is 6.05. The van der Waals surface area contributed by atoms with E-state index < -0.39 is 5.97 Å². The minimum Gasteiger partial charge on any atom is -0.478 e. The molecule has 4 rings (SSSR count). The molecule has 0 aromatic heterocycles. The SMILES string of the molecule is O=C(O)C1=Cc2cccc3c2C1C(C1CCC1)C(=O)N3. The van der Waals surface area contributed by atoms with E-state index in [4.69, 9.17) is 0 Å². The molecule has 1 aromatic rings. The fourth-order valence-corrected chi connectivity index (χ4v) is 3.80. The Morgan fingerprint density at radius 3 is 2.75 bits per heavy atom. The number of amides is 1. The second-order valence-electron chi connectivity index (χ2n) is 5.90. The number of carbonyl (C=O) groups excluding carboxylic acids is 1. The van der Waals surface area contributed by atoms with Crippen molar-refractivity contribution in [2.24, 2.45) is 11.8 Å². The molecule has 0 saturated heterocycles. The van der Waals surface area contributed by atoms with E-state index in [1.54, 1.807) is 6.08 Å². The van der Waals surface area contributed by atoms with Crippen LogP contribution in [0.4, 0.5) is 5.69 Å². The Hall–Kier alpha value is -2.10. The van der Waals surface area contributed by atoms with Gasteiger partial charge in [0.05, 0.1) is 5.92 Å². The standard InChI is InChI=1S/C16H15NO3/c18-15-13(8-3-1-4-8)14-10(16(19)20)7-9-5-2-6-11(17-15)12(9)14/h2,5-8,13-14H,1,3-4H2,(H,17,18)(H,19,20). The third-order valence-electron chi connectivity index (χ3n) is 4.92. The average Bonchev–Trinajstić information content (AvgIpc) is 2.73. The number of rotatable bonds is 2. The van der Waals surface area contributed by atoms with E-state index in [0.29, 0.717) is 11.5 Å². The molecule has 3 aliphatic rings. The van der Waals surface area contributed by atoms with Crippen molar-refractivity contribution in [2.75, 3.05) is 5.32 Å². The predicted molar refractivity (Wildman–Crippen MR) is 74.3 cm³/mol. The number of hydrogen-bond acceptors (Lipinski definition) is 2. The number of carboxylic acids is 1. The van der Waals surface area contributed by atoms with Crippen molar-refractivity contribution in [2.45, 2.75) is 25.2 Å². The van der Waals surface area contributed by atoms with Gasteiger partial charge in [-0.1, -0.05) is 18.6 Å². The van der Waals surface area contributed by atoms with Crippen LogP contribution in [0.5, 0.6) is 0 Å². The molecule has 2 unspecified atom stereocenters. The summed E-state index contributed by atoms with van der Waals surface area (Å²) in [7, 11) is 0. The maximum Gasteiger partial charge on any atom is 0.332 e. The van der Waals surface area contributed by atoms with Crippen molar-refractivity contribution in [3.8, 4) is 0 Å². The van der Waals surface area contributed by atoms with Gasteiger partial charge >= 0.3 is 5.97 Å². The molecular weight excluding hydrogens is 254 g/mol. The molecule has 4 nitrogen and oxygen atoms in total. The Morgan fingerprint density at radius 2 is 2.10 bits per heavy atom. The van der Waals surface area contributed by atoms with E-state index in [-0.39, 0.29) is 17.7 Å². The van der Waals surface area contributed by atoms with Crippen LogP contribution in [0.3, 0.4) is 0 Å². The molecule has 0 bridgehead atoms. The van der Waals surface area contributed by atoms with Crippen LogP contribution < -0.4 is 5.32 Å². The van der Waals surface area contributed by atoms with Gasteiger partial charge in [0, 0.05) is 17.2 Å². The second-order valence-corrected chi connectivity index (χ2v) is 5.90. The molecule has 2 aliphatic carbocycles. The number of anilines is 1. The minimum absolute atomic E-state index is 0.0154. The third-order valence-corrected chi connectivity index (χ3v) is 4.92. The number of aliphatic carboxylic acids is 1. The first kappa shape index (κ1) is 11.7. The highest BCUT2D eigenvalue weighted by Crippen LogP contribution is 2.53. The average molecular weight is 269 g/mol. The van der Waals surface area contributed by atoms with Gasteiger partial charge in [-0.3, -0.25) is 4.79 Å². The lowest BCUT2D eigenvalue weighted by atomic mass is 9.66. The van der Waals surface area contributed by atoms with Crippen LogP contribution in [0.25, 0.3) is 6.08 Å². The van der Waals surface area contributed by atoms with E-state index >= 15 is 0 Å². The summed E-state index contributed by atoms with van der Waals surface area (Å²) in [6.45, 7) is 0. The van der Waals surface area contributed by atoms with Gasteiger partial charge < -0.3 is 10.4 Å². The maximum absolute atomic E-state index is 12.4. The number of carbonyl (C=O) groups is 2. The summed E-state index contributed by atoms with van der Waals surface area (Å²) in [4.78, 5) is 24.0. The monoisotopic (exact) mass is 269 g/mol. The highest BCUT2D eigenvalue weighted by Gasteiger charge is 2.48. The van der Waals surface area contributed by atoms with Crippen LogP contribution >= 0.6 is 0 Å². The summed E-state index contributed by atoms with van der Waals surface area (Å²) in [5.74, 6) is -1.09. The lowest BCUT2D eigenvalue weighted by molar-refractivity contribution is -0.133. The summed E-state index contributed by atoms with van der Waals surface area (Å²) in [6.07, 6.45) is 4.93. The molecule has 2 N–H and O–H groups in total. The summed E-state index contributed by atoms with van der Waals surface area (Å²) >= 11 is 0. The number of hydrogen-bond donors (Lipinski definition) is 2. The Kier molecular flexibility index (Phi) is 2.31. The van der Waals surface area contributed by atoms with Crippen molar-refractivity contribution in [3.05, 3.63) is 34.9 Å². The quantitative estimate of drug-likeness (QED) is 0.867. The van der Waals surface area contributed by atoms with Crippen LogP contribution in [0.15, 0.2) is 23.8 Å². The third kappa shape index (κ3) is 1.42. The molecule has 2 atom stereocenters. The molecule has 1 heterocycles. The number of carboxylic acid groups (broad SMARTS) is 1.